The Kier molecular flexibility index (Phi) is 4.43. The van der Waals surface area contributed by atoms with Crippen LogP contribution in [0.5, 0.6) is 0 Å². The van der Waals surface area contributed by atoms with Crippen molar-refractivity contribution in [1.29, 1.82) is 0 Å². The van der Waals surface area contributed by atoms with Crippen molar-refractivity contribution in [2.24, 2.45) is 5.92 Å². The van der Waals surface area contributed by atoms with Gasteiger partial charge in [0.2, 0.25) is 5.91 Å². The van der Waals surface area contributed by atoms with Crippen molar-refractivity contribution in [3.63, 3.8) is 0 Å². The fraction of sp³-hybridized carbons (Fsp3) is 0.333. The van der Waals surface area contributed by atoms with Crippen molar-refractivity contribution in [2.75, 3.05) is 0 Å². The lowest BCUT2D eigenvalue weighted by Crippen LogP contribution is -2.33. The molecule has 0 spiro atoms. The van der Waals surface area contributed by atoms with Gasteiger partial charge in [-0.15, -0.1) is 0 Å². The molecule has 0 saturated carbocycles. The van der Waals surface area contributed by atoms with Crippen LogP contribution in [-0.4, -0.2) is 10.9 Å². The molecular weight excluding hydrogens is 206 g/mol. The average Bonchev–Trinajstić information content (AvgIpc) is 2.18. The van der Waals surface area contributed by atoms with Crippen LogP contribution in [0.25, 0.3) is 0 Å². The van der Waals surface area contributed by atoms with Gasteiger partial charge in [0.15, 0.2) is 0 Å². The SMILES string of the molecule is CC(C)C(=S)NC(=O)Cc1ccccc1. The molecule has 0 aliphatic heterocycles. The topological polar surface area (TPSA) is 29.1 Å². The van der Waals surface area contributed by atoms with Crippen molar-refractivity contribution in [3.05, 3.63) is 35.9 Å². The molecule has 1 amide bonds. The van der Waals surface area contributed by atoms with Gasteiger partial charge in [0.05, 0.1) is 11.4 Å². The molecule has 0 heterocycles. The molecule has 0 aliphatic carbocycles. The van der Waals surface area contributed by atoms with Gasteiger partial charge in [-0.25, -0.2) is 0 Å². The van der Waals surface area contributed by atoms with Crippen LogP contribution >= 0.6 is 12.2 Å². The van der Waals surface area contributed by atoms with Crippen LogP contribution < -0.4 is 5.32 Å². The van der Waals surface area contributed by atoms with E-state index < -0.39 is 0 Å². The summed E-state index contributed by atoms with van der Waals surface area (Å²) in [4.78, 5) is 12.1. The maximum Gasteiger partial charge on any atom is 0.229 e. The zero-order chi connectivity index (χ0) is 11.3. The van der Waals surface area contributed by atoms with Gasteiger partial charge in [-0.3, -0.25) is 4.79 Å². The first-order chi connectivity index (χ1) is 7.09. The summed E-state index contributed by atoms with van der Waals surface area (Å²) in [5, 5.41) is 2.72. The van der Waals surface area contributed by atoms with Crippen LogP contribution in [0.1, 0.15) is 19.4 Å². The number of benzene rings is 1. The van der Waals surface area contributed by atoms with Crippen LogP contribution in [0.4, 0.5) is 0 Å². The smallest absolute Gasteiger partial charge is 0.229 e. The van der Waals surface area contributed by atoms with Crippen LogP contribution in [0.15, 0.2) is 30.3 Å². The van der Waals surface area contributed by atoms with Crippen LogP contribution in [0.3, 0.4) is 0 Å². The molecule has 0 bridgehead atoms. The largest absolute Gasteiger partial charge is 0.320 e. The standard InChI is InChI=1S/C12H15NOS/c1-9(2)12(15)13-11(14)8-10-6-4-3-5-7-10/h3-7,9H,8H2,1-2H3,(H,13,14,15). The molecule has 0 atom stereocenters. The molecule has 80 valence electrons. The van der Waals surface area contributed by atoms with E-state index in [0.717, 1.165) is 5.56 Å². The zero-order valence-corrected chi connectivity index (χ0v) is 9.80. The second-order valence-corrected chi connectivity index (χ2v) is 4.17. The van der Waals surface area contributed by atoms with E-state index in [1.54, 1.807) is 0 Å². The van der Waals surface area contributed by atoms with E-state index in [-0.39, 0.29) is 11.8 Å². The van der Waals surface area contributed by atoms with Gasteiger partial charge < -0.3 is 5.32 Å². The van der Waals surface area contributed by atoms with Crippen molar-refractivity contribution in [1.82, 2.24) is 5.32 Å². The maximum atomic E-state index is 11.5. The van der Waals surface area contributed by atoms with E-state index in [4.69, 9.17) is 12.2 Å². The third-order valence-electron chi connectivity index (χ3n) is 1.99. The monoisotopic (exact) mass is 221 g/mol. The molecule has 0 aromatic heterocycles. The van der Waals surface area contributed by atoms with Gasteiger partial charge >= 0.3 is 0 Å². The number of carbonyl (C=O) groups is 1. The Morgan fingerprint density at radius 1 is 1.33 bits per heavy atom. The molecule has 0 aliphatic rings. The van der Waals surface area contributed by atoms with Crippen LogP contribution in [0.2, 0.25) is 0 Å². The van der Waals surface area contributed by atoms with E-state index in [1.807, 2.05) is 44.2 Å². The molecule has 0 unspecified atom stereocenters. The first kappa shape index (κ1) is 11.9. The lowest BCUT2D eigenvalue weighted by atomic mass is 10.1. The minimum Gasteiger partial charge on any atom is -0.320 e. The molecule has 1 aromatic carbocycles. The highest BCUT2D eigenvalue weighted by Crippen LogP contribution is 2.00. The van der Waals surface area contributed by atoms with E-state index in [2.05, 4.69) is 5.32 Å². The van der Waals surface area contributed by atoms with Gasteiger partial charge in [-0.05, 0) is 5.56 Å². The summed E-state index contributed by atoms with van der Waals surface area (Å²) in [5.74, 6) is 0.166. The summed E-state index contributed by atoms with van der Waals surface area (Å²) in [5.41, 5.74) is 1.00. The second kappa shape index (κ2) is 5.61. The third-order valence-corrected chi connectivity index (χ3v) is 2.57. The Bertz CT molecular complexity index is 346. The minimum atomic E-state index is -0.0418. The highest BCUT2D eigenvalue weighted by atomic mass is 32.1. The summed E-state index contributed by atoms with van der Waals surface area (Å²) in [7, 11) is 0. The lowest BCUT2D eigenvalue weighted by molar-refractivity contribution is -0.119. The maximum absolute atomic E-state index is 11.5. The molecule has 2 nitrogen and oxygen atoms in total. The summed E-state index contributed by atoms with van der Waals surface area (Å²) < 4.78 is 0. The molecule has 1 rings (SSSR count). The van der Waals surface area contributed by atoms with E-state index in [1.165, 1.54) is 0 Å². The number of rotatable bonds is 3. The molecule has 0 saturated heterocycles. The highest BCUT2D eigenvalue weighted by molar-refractivity contribution is 7.80. The minimum absolute atomic E-state index is 0.0418. The molecule has 0 radical (unpaired) electrons. The Morgan fingerprint density at radius 3 is 2.47 bits per heavy atom. The number of nitrogens with one attached hydrogen (secondary N) is 1. The average molecular weight is 221 g/mol. The molecule has 1 aromatic rings. The fourth-order valence-corrected chi connectivity index (χ4v) is 1.22. The van der Waals surface area contributed by atoms with Crippen molar-refractivity contribution in [2.45, 2.75) is 20.3 Å². The Hall–Kier alpha value is -1.22. The van der Waals surface area contributed by atoms with E-state index >= 15 is 0 Å². The summed E-state index contributed by atoms with van der Waals surface area (Å²) in [6, 6.07) is 9.63. The fourth-order valence-electron chi connectivity index (χ4n) is 1.11. The number of hydrogen-bond donors (Lipinski definition) is 1. The summed E-state index contributed by atoms with van der Waals surface area (Å²) in [6.45, 7) is 3.93. The number of hydrogen-bond acceptors (Lipinski definition) is 2. The Balaban J connectivity index is 2.47. The van der Waals surface area contributed by atoms with Crippen LogP contribution in [-0.2, 0) is 11.2 Å². The number of carbonyl (C=O) groups excluding carboxylic acids is 1. The van der Waals surface area contributed by atoms with Crippen molar-refractivity contribution >= 4 is 23.1 Å². The van der Waals surface area contributed by atoms with Crippen LogP contribution in [0, 0.1) is 5.92 Å². The lowest BCUT2D eigenvalue weighted by Gasteiger charge is -2.09. The second-order valence-electron chi connectivity index (χ2n) is 3.73. The highest BCUT2D eigenvalue weighted by Gasteiger charge is 2.07. The number of thiocarbonyl (C=S) groups is 1. The van der Waals surface area contributed by atoms with E-state index in [0.29, 0.717) is 11.4 Å². The molecule has 1 N–H and O–H groups in total. The Morgan fingerprint density at radius 2 is 1.93 bits per heavy atom. The Labute approximate surface area is 95.7 Å². The molecule has 3 heteroatoms. The summed E-state index contributed by atoms with van der Waals surface area (Å²) in [6.07, 6.45) is 0.383. The number of amides is 1. The van der Waals surface area contributed by atoms with Crippen molar-refractivity contribution in [3.8, 4) is 0 Å². The third kappa shape index (κ3) is 4.21. The van der Waals surface area contributed by atoms with Gasteiger partial charge in [0, 0.05) is 5.92 Å². The first-order valence-electron chi connectivity index (χ1n) is 4.97. The summed E-state index contributed by atoms with van der Waals surface area (Å²) >= 11 is 5.04. The van der Waals surface area contributed by atoms with Gasteiger partial charge in [0.25, 0.3) is 0 Å². The van der Waals surface area contributed by atoms with Gasteiger partial charge in [0.1, 0.15) is 0 Å². The van der Waals surface area contributed by atoms with Gasteiger partial charge in [-0.2, -0.15) is 0 Å². The molecular formula is C12H15NOS. The normalized spacial score (nSPS) is 10.1. The van der Waals surface area contributed by atoms with Crippen molar-refractivity contribution < 1.29 is 4.79 Å². The van der Waals surface area contributed by atoms with E-state index in [9.17, 15) is 4.79 Å². The zero-order valence-electron chi connectivity index (χ0n) is 8.99. The molecule has 0 fully saturated rings. The molecule has 15 heavy (non-hydrogen) atoms. The van der Waals surface area contributed by atoms with Gasteiger partial charge in [-0.1, -0.05) is 56.4 Å². The predicted molar refractivity (Wildman–Crippen MR) is 65.7 cm³/mol. The first-order valence-corrected chi connectivity index (χ1v) is 5.38. The predicted octanol–water partition coefficient (Wildman–Crippen LogP) is 2.33. The quantitative estimate of drug-likeness (QED) is 0.794.